The highest BCUT2D eigenvalue weighted by Gasteiger charge is 2.17. The van der Waals surface area contributed by atoms with Gasteiger partial charge in [-0.25, -0.2) is 0 Å². The Balaban J connectivity index is 1.65. The number of hydrogen-bond donors (Lipinski definition) is 1. The van der Waals surface area contributed by atoms with Crippen LogP contribution >= 0.6 is 0 Å². The van der Waals surface area contributed by atoms with Gasteiger partial charge >= 0.3 is 0 Å². The average Bonchev–Trinajstić information content (AvgIpc) is 2.86. The van der Waals surface area contributed by atoms with Crippen molar-refractivity contribution in [3.05, 3.63) is 52.9 Å². The molecule has 2 aromatic rings. The van der Waals surface area contributed by atoms with Crippen molar-refractivity contribution in [3.63, 3.8) is 0 Å². The van der Waals surface area contributed by atoms with Gasteiger partial charge < -0.3 is 9.84 Å². The van der Waals surface area contributed by atoms with Crippen molar-refractivity contribution in [2.24, 2.45) is 0 Å². The Morgan fingerprint density at radius 3 is 3.00 bits per heavy atom. The Morgan fingerprint density at radius 1 is 1.32 bits per heavy atom. The van der Waals surface area contributed by atoms with Gasteiger partial charge in [0.05, 0.1) is 12.2 Å². The van der Waals surface area contributed by atoms with Crippen LogP contribution in [0.1, 0.15) is 22.6 Å². The van der Waals surface area contributed by atoms with E-state index in [1.807, 2.05) is 13.1 Å². The molecule has 100 valence electrons. The first-order valence-electron chi connectivity index (χ1n) is 6.73. The van der Waals surface area contributed by atoms with Crippen molar-refractivity contribution in [2.75, 3.05) is 13.6 Å². The van der Waals surface area contributed by atoms with Gasteiger partial charge in [0.15, 0.2) is 5.76 Å². The molecule has 1 aliphatic heterocycles. The topological polar surface area (TPSA) is 41.3 Å². The van der Waals surface area contributed by atoms with Gasteiger partial charge in [-0.15, -0.1) is 0 Å². The fourth-order valence-corrected chi connectivity index (χ4v) is 2.60. The Kier molecular flexibility index (Phi) is 3.62. The van der Waals surface area contributed by atoms with Gasteiger partial charge in [0.2, 0.25) is 0 Å². The van der Waals surface area contributed by atoms with Crippen LogP contribution < -0.4 is 5.32 Å². The molecule has 0 radical (unpaired) electrons. The van der Waals surface area contributed by atoms with Crippen LogP contribution in [0, 0.1) is 0 Å². The normalized spacial score (nSPS) is 15.4. The van der Waals surface area contributed by atoms with E-state index in [1.54, 1.807) is 0 Å². The van der Waals surface area contributed by atoms with Crippen molar-refractivity contribution >= 4 is 0 Å². The van der Waals surface area contributed by atoms with E-state index in [1.165, 1.54) is 11.1 Å². The van der Waals surface area contributed by atoms with Crippen LogP contribution in [0.5, 0.6) is 0 Å². The van der Waals surface area contributed by atoms with Gasteiger partial charge in [-0.1, -0.05) is 29.4 Å². The second-order valence-electron chi connectivity index (χ2n) is 5.04. The number of aromatic nitrogens is 1. The molecule has 0 saturated carbocycles. The molecule has 0 amide bonds. The Bertz CT molecular complexity index is 550. The molecule has 0 saturated heterocycles. The maximum Gasteiger partial charge on any atom is 0.151 e. The third kappa shape index (κ3) is 2.85. The molecule has 2 heterocycles. The number of nitrogens with one attached hydrogen (secondary N) is 1. The van der Waals surface area contributed by atoms with Gasteiger partial charge in [0.1, 0.15) is 0 Å². The largest absolute Gasteiger partial charge is 0.360 e. The zero-order chi connectivity index (χ0) is 13.1. The minimum absolute atomic E-state index is 0.756. The lowest BCUT2D eigenvalue weighted by atomic mass is 10.00. The number of benzene rings is 1. The molecule has 0 atom stereocenters. The van der Waals surface area contributed by atoms with Gasteiger partial charge in [-0.05, 0) is 24.6 Å². The van der Waals surface area contributed by atoms with E-state index in [9.17, 15) is 0 Å². The van der Waals surface area contributed by atoms with Gasteiger partial charge in [0.25, 0.3) is 0 Å². The summed E-state index contributed by atoms with van der Waals surface area (Å²) >= 11 is 0. The minimum atomic E-state index is 0.756. The van der Waals surface area contributed by atoms with E-state index < -0.39 is 0 Å². The summed E-state index contributed by atoms with van der Waals surface area (Å²) < 4.78 is 5.38. The second kappa shape index (κ2) is 5.55. The monoisotopic (exact) mass is 257 g/mol. The molecule has 1 aliphatic rings. The van der Waals surface area contributed by atoms with Crippen molar-refractivity contribution in [1.82, 2.24) is 15.4 Å². The molecule has 4 nitrogen and oxygen atoms in total. The maximum atomic E-state index is 5.38. The van der Waals surface area contributed by atoms with E-state index in [4.69, 9.17) is 4.52 Å². The average molecular weight is 257 g/mol. The lowest BCUT2D eigenvalue weighted by Gasteiger charge is -2.27. The van der Waals surface area contributed by atoms with Crippen LogP contribution in [0.2, 0.25) is 0 Å². The summed E-state index contributed by atoms with van der Waals surface area (Å²) in [6, 6.07) is 10.7. The lowest BCUT2D eigenvalue weighted by Crippen LogP contribution is -2.29. The fraction of sp³-hybridized carbons (Fsp3) is 0.400. The standard InChI is InChI=1S/C15H19N3O/c1-16-9-14-8-15(19-17-14)11-18-7-6-12-4-2-3-5-13(12)10-18/h2-5,8,16H,6-7,9-11H2,1H3. The molecule has 0 fully saturated rings. The molecular formula is C15H19N3O. The van der Waals surface area contributed by atoms with Gasteiger partial charge in [-0.3, -0.25) is 4.90 Å². The molecule has 1 aromatic heterocycles. The van der Waals surface area contributed by atoms with Gasteiger partial charge in [0, 0.05) is 25.7 Å². The number of hydrogen-bond acceptors (Lipinski definition) is 4. The number of fused-ring (bicyclic) bond motifs is 1. The van der Waals surface area contributed by atoms with Crippen LogP contribution in [0.25, 0.3) is 0 Å². The molecule has 0 unspecified atom stereocenters. The summed E-state index contributed by atoms with van der Waals surface area (Å²) in [7, 11) is 1.91. The summed E-state index contributed by atoms with van der Waals surface area (Å²) in [5, 5.41) is 7.13. The van der Waals surface area contributed by atoms with E-state index in [0.717, 1.165) is 44.1 Å². The molecule has 1 N–H and O–H groups in total. The maximum absolute atomic E-state index is 5.38. The zero-order valence-electron chi connectivity index (χ0n) is 11.2. The summed E-state index contributed by atoms with van der Waals surface area (Å²) in [5.74, 6) is 0.949. The molecule has 0 aliphatic carbocycles. The minimum Gasteiger partial charge on any atom is -0.360 e. The third-order valence-electron chi connectivity index (χ3n) is 3.55. The zero-order valence-corrected chi connectivity index (χ0v) is 11.2. The van der Waals surface area contributed by atoms with Crippen LogP contribution in [-0.4, -0.2) is 23.6 Å². The summed E-state index contributed by atoms with van der Waals surface area (Å²) in [6.45, 7) is 3.68. The van der Waals surface area contributed by atoms with Crippen LogP contribution in [0.3, 0.4) is 0 Å². The van der Waals surface area contributed by atoms with Crippen molar-refractivity contribution in [1.29, 1.82) is 0 Å². The van der Waals surface area contributed by atoms with Crippen LogP contribution in [-0.2, 0) is 26.1 Å². The Morgan fingerprint density at radius 2 is 2.16 bits per heavy atom. The second-order valence-corrected chi connectivity index (χ2v) is 5.04. The first kappa shape index (κ1) is 12.4. The van der Waals surface area contributed by atoms with Crippen molar-refractivity contribution in [3.8, 4) is 0 Å². The van der Waals surface area contributed by atoms with Crippen molar-refractivity contribution in [2.45, 2.75) is 26.1 Å². The van der Waals surface area contributed by atoms with Crippen LogP contribution in [0.4, 0.5) is 0 Å². The SMILES string of the molecule is CNCc1cc(CN2CCc3ccccc3C2)on1. The quantitative estimate of drug-likeness (QED) is 0.909. The fourth-order valence-electron chi connectivity index (χ4n) is 2.60. The first-order chi connectivity index (χ1) is 9.35. The molecule has 0 spiro atoms. The predicted octanol–water partition coefficient (Wildman–Crippen LogP) is 1.95. The summed E-state index contributed by atoms with van der Waals surface area (Å²) in [5.41, 5.74) is 3.88. The lowest BCUT2D eigenvalue weighted by molar-refractivity contribution is 0.214. The smallest absolute Gasteiger partial charge is 0.151 e. The van der Waals surface area contributed by atoms with E-state index >= 15 is 0 Å². The van der Waals surface area contributed by atoms with Crippen molar-refractivity contribution < 1.29 is 4.52 Å². The molecule has 3 rings (SSSR count). The highest BCUT2D eigenvalue weighted by molar-refractivity contribution is 5.29. The highest BCUT2D eigenvalue weighted by atomic mass is 16.5. The molecule has 19 heavy (non-hydrogen) atoms. The predicted molar refractivity (Wildman–Crippen MR) is 73.5 cm³/mol. The van der Waals surface area contributed by atoms with E-state index in [0.29, 0.717) is 0 Å². The number of nitrogens with zero attached hydrogens (tertiary/aromatic N) is 2. The van der Waals surface area contributed by atoms with E-state index in [2.05, 4.69) is 39.6 Å². The number of rotatable bonds is 4. The Hall–Kier alpha value is -1.65. The molecular weight excluding hydrogens is 238 g/mol. The summed E-state index contributed by atoms with van der Waals surface area (Å²) in [6.07, 6.45) is 1.12. The highest BCUT2D eigenvalue weighted by Crippen LogP contribution is 2.20. The van der Waals surface area contributed by atoms with Crippen LogP contribution in [0.15, 0.2) is 34.9 Å². The first-order valence-corrected chi connectivity index (χ1v) is 6.73. The summed E-state index contributed by atoms with van der Waals surface area (Å²) in [4.78, 5) is 2.41. The van der Waals surface area contributed by atoms with E-state index in [-0.39, 0.29) is 0 Å². The van der Waals surface area contributed by atoms with Gasteiger partial charge in [-0.2, -0.15) is 0 Å². The molecule has 1 aromatic carbocycles. The molecule has 0 bridgehead atoms. The Labute approximate surface area is 113 Å². The molecule has 4 heteroatoms. The third-order valence-corrected chi connectivity index (χ3v) is 3.55.